The number of rotatable bonds is 15. The summed E-state index contributed by atoms with van der Waals surface area (Å²) in [7, 11) is 0. The lowest BCUT2D eigenvalue weighted by Crippen LogP contribution is -1.86. The molecule has 0 aromatic heterocycles. The molecule has 3 N–H and O–H groups in total. The first-order chi connectivity index (χ1) is 12.0. The average molecular weight is 357 g/mol. The summed E-state index contributed by atoms with van der Waals surface area (Å²) in [6.07, 6.45) is 19.0. The van der Waals surface area contributed by atoms with Crippen LogP contribution in [-0.2, 0) is 9.59 Å². The van der Waals surface area contributed by atoms with Crippen LogP contribution in [0.1, 0.15) is 84.0 Å². The van der Waals surface area contributed by atoms with E-state index in [1.165, 1.54) is 37.8 Å². The van der Waals surface area contributed by atoms with Crippen molar-refractivity contribution in [2.24, 2.45) is 0 Å². The first-order valence-corrected chi connectivity index (χ1v) is 9.44. The quantitative estimate of drug-likeness (QED) is 0.285. The standard InChI is InChI=1S/C10H18O3.C10H18O2/c11-9-7-5-3-1-2-4-6-8-10(12)13;1-2-3-4-5-6-7-8-9-10(11)12/h6,8,11H,1-5,7,9H2,(H,12,13);8-9H,2-7H2,1H3,(H,11,12). The summed E-state index contributed by atoms with van der Waals surface area (Å²) in [4.78, 5) is 20.1. The molecule has 0 amide bonds. The van der Waals surface area contributed by atoms with E-state index >= 15 is 0 Å². The molecule has 0 spiro atoms. The van der Waals surface area contributed by atoms with E-state index in [1.807, 2.05) is 0 Å². The monoisotopic (exact) mass is 356 g/mol. The van der Waals surface area contributed by atoms with Crippen LogP contribution in [0.2, 0.25) is 0 Å². The Morgan fingerprint density at radius 3 is 1.48 bits per heavy atom. The van der Waals surface area contributed by atoms with Crippen molar-refractivity contribution in [1.29, 1.82) is 0 Å². The molecule has 0 saturated heterocycles. The van der Waals surface area contributed by atoms with Gasteiger partial charge in [-0.15, -0.1) is 0 Å². The molecule has 0 aliphatic rings. The summed E-state index contributed by atoms with van der Waals surface area (Å²) in [5.74, 6) is -1.72. The smallest absolute Gasteiger partial charge is 0.327 e. The van der Waals surface area contributed by atoms with Crippen LogP contribution in [0.5, 0.6) is 0 Å². The van der Waals surface area contributed by atoms with Crippen LogP contribution in [0.15, 0.2) is 24.3 Å². The Labute approximate surface area is 152 Å². The second kappa shape index (κ2) is 22.4. The number of carboxylic acid groups (broad SMARTS) is 2. The van der Waals surface area contributed by atoms with E-state index in [0.29, 0.717) is 0 Å². The molecule has 5 nitrogen and oxygen atoms in total. The Hall–Kier alpha value is -1.62. The average Bonchev–Trinajstić information content (AvgIpc) is 2.56. The summed E-state index contributed by atoms with van der Waals surface area (Å²) in [6.45, 7) is 2.46. The Bertz CT molecular complexity index is 361. The summed E-state index contributed by atoms with van der Waals surface area (Å²) in [6, 6.07) is 0. The van der Waals surface area contributed by atoms with Gasteiger partial charge in [-0.3, -0.25) is 0 Å². The van der Waals surface area contributed by atoms with E-state index in [1.54, 1.807) is 12.2 Å². The first kappa shape index (κ1) is 25.6. The molecule has 0 rings (SSSR count). The Kier molecular flexibility index (Phi) is 22.9. The zero-order chi connectivity index (χ0) is 19.2. The van der Waals surface area contributed by atoms with Crippen LogP contribution in [-0.4, -0.2) is 33.9 Å². The van der Waals surface area contributed by atoms with E-state index in [-0.39, 0.29) is 6.61 Å². The number of carboxylic acids is 2. The molecule has 0 fully saturated rings. The summed E-state index contributed by atoms with van der Waals surface area (Å²) in [5, 5.41) is 25.0. The molecule has 0 bridgehead atoms. The molecule has 25 heavy (non-hydrogen) atoms. The van der Waals surface area contributed by atoms with Crippen molar-refractivity contribution >= 4 is 11.9 Å². The van der Waals surface area contributed by atoms with Gasteiger partial charge in [0.05, 0.1) is 0 Å². The summed E-state index contributed by atoms with van der Waals surface area (Å²) in [5.41, 5.74) is 0. The number of carbonyl (C=O) groups is 2. The number of hydrogen-bond acceptors (Lipinski definition) is 3. The third-order valence-electron chi connectivity index (χ3n) is 3.52. The predicted molar refractivity (Wildman–Crippen MR) is 102 cm³/mol. The molecule has 0 aromatic rings. The molecule has 0 aliphatic carbocycles. The topological polar surface area (TPSA) is 94.8 Å². The highest BCUT2D eigenvalue weighted by Crippen LogP contribution is 2.05. The van der Waals surface area contributed by atoms with Crippen molar-refractivity contribution in [2.75, 3.05) is 6.61 Å². The van der Waals surface area contributed by atoms with Crippen LogP contribution in [0.25, 0.3) is 0 Å². The minimum absolute atomic E-state index is 0.277. The van der Waals surface area contributed by atoms with Gasteiger partial charge in [-0.1, -0.05) is 64.0 Å². The van der Waals surface area contributed by atoms with Crippen molar-refractivity contribution in [1.82, 2.24) is 0 Å². The van der Waals surface area contributed by atoms with Crippen molar-refractivity contribution in [2.45, 2.75) is 84.0 Å². The van der Waals surface area contributed by atoms with Crippen LogP contribution in [0.4, 0.5) is 0 Å². The maximum absolute atomic E-state index is 10.1. The molecular formula is C20H36O5. The highest BCUT2D eigenvalue weighted by atomic mass is 16.4. The number of aliphatic hydroxyl groups excluding tert-OH is 1. The fourth-order valence-corrected chi connectivity index (χ4v) is 2.14. The zero-order valence-electron chi connectivity index (χ0n) is 15.7. The van der Waals surface area contributed by atoms with Gasteiger partial charge in [0.15, 0.2) is 0 Å². The fraction of sp³-hybridized carbons (Fsp3) is 0.700. The lowest BCUT2D eigenvalue weighted by atomic mass is 10.1. The molecular weight excluding hydrogens is 320 g/mol. The largest absolute Gasteiger partial charge is 0.478 e. The SMILES string of the molecule is CCCCCCCC=CC(=O)O.O=C(O)C=CCCCCCCCO. The van der Waals surface area contributed by atoms with Gasteiger partial charge in [0, 0.05) is 18.8 Å². The number of allylic oxidation sites excluding steroid dienone is 2. The summed E-state index contributed by atoms with van der Waals surface area (Å²) >= 11 is 0. The van der Waals surface area contributed by atoms with E-state index in [4.69, 9.17) is 15.3 Å². The molecule has 0 aliphatic heterocycles. The molecule has 146 valence electrons. The zero-order valence-corrected chi connectivity index (χ0v) is 15.7. The van der Waals surface area contributed by atoms with Gasteiger partial charge in [0.2, 0.25) is 0 Å². The van der Waals surface area contributed by atoms with E-state index in [0.717, 1.165) is 51.4 Å². The van der Waals surface area contributed by atoms with E-state index in [9.17, 15) is 9.59 Å². The molecule has 0 radical (unpaired) electrons. The van der Waals surface area contributed by atoms with Crippen LogP contribution in [0.3, 0.4) is 0 Å². The molecule has 0 saturated carbocycles. The first-order valence-electron chi connectivity index (χ1n) is 9.44. The highest BCUT2D eigenvalue weighted by molar-refractivity contribution is 5.79. The number of aliphatic carboxylic acids is 2. The fourth-order valence-electron chi connectivity index (χ4n) is 2.14. The van der Waals surface area contributed by atoms with Gasteiger partial charge in [0.1, 0.15) is 0 Å². The molecule has 0 heterocycles. The van der Waals surface area contributed by atoms with Crippen LogP contribution < -0.4 is 0 Å². The second-order valence-corrected chi connectivity index (χ2v) is 5.96. The predicted octanol–water partition coefficient (Wildman–Crippen LogP) is 4.95. The van der Waals surface area contributed by atoms with E-state index < -0.39 is 11.9 Å². The van der Waals surface area contributed by atoms with Crippen molar-refractivity contribution in [3.05, 3.63) is 24.3 Å². The van der Waals surface area contributed by atoms with Crippen molar-refractivity contribution in [3.8, 4) is 0 Å². The Balaban J connectivity index is 0. The number of hydrogen-bond donors (Lipinski definition) is 3. The Morgan fingerprint density at radius 2 is 1.08 bits per heavy atom. The van der Waals surface area contributed by atoms with E-state index in [2.05, 4.69) is 6.92 Å². The number of aliphatic hydroxyl groups is 1. The van der Waals surface area contributed by atoms with Crippen molar-refractivity contribution in [3.63, 3.8) is 0 Å². The van der Waals surface area contributed by atoms with Gasteiger partial charge >= 0.3 is 11.9 Å². The second-order valence-electron chi connectivity index (χ2n) is 5.96. The molecule has 0 unspecified atom stereocenters. The third kappa shape index (κ3) is 30.8. The van der Waals surface area contributed by atoms with Crippen LogP contribution in [0, 0.1) is 0 Å². The minimum Gasteiger partial charge on any atom is -0.478 e. The van der Waals surface area contributed by atoms with Crippen LogP contribution >= 0.6 is 0 Å². The van der Waals surface area contributed by atoms with Gasteiger partial charge in [0.25, 0.3) is 0 Å². The lowest BCUT2D eigenvalue weighted by molar-refractivity contribution is -0.132. The van der Waals surface area contributed by atoms with Crippen molar-refractivity contribution < 1.29 is 24.9 Å². The highest BCUT2D eigenvalue weighted by Gasteiger charge is 1.89. The minimum atomic E-state index is -0.875. The normalized spacial score (nSPS) is 10.8. The molecule has 5 heteroatoms. The Morgan fingerprint density at radius 1 is 0.680 bits per heavy atom. The van der Waals surface area contributed by atoms with Gasteiger partial charge in [-0.25, -0.2) is 9.59 Å². The molecule has 0 atom stereocenters. The summed E-state index contributed by atoms with van der Waals surface area (Å²) < 4.78 is 0. The lowest BCUT2D eigenvalue weighted by Gasteiger charge is -1.96. The third-order valence-corrected chi connectivity index (χ3v) is 3.52. The van der Waals surface area contributed by atoms with Gasteiger partial charge in [-0.2, -0.15) is 0 Å². The molecule has 0 aromatic carbocycles. The number of unbranched alkanes of at least 4 members (excludes halogenated alkanes) is 10. The maximum atomic E-state index is 10.1. The maximum Gasteiger partial charge on any atom is 0.327 e. The van der Waals surface area contributed by atoms with Gasteiger partial charge < -0.3 is 15.3 Å². The van der Waals surface area contributed by atoms with Gasteiger partial charge in [-0.05, 0) is 32.1 Å².